The highest BCUT2D eigenvalue weighted by molar-refractivity contribution is 5.79. The van der Waals surface area contributed by atoms with Crippen LogP contribution < -0.4 is 0 Å². The summed E-state index contributed by atoms with van der Waals surface area (Å²) in [7, 11) is 1.28. The third-order valence-corrected chi connectivity index (χ3v) is 2.11. The number of hydrogen-bond acceptors (Lipinski definition) is 4. The Labute approximate surface area is 71.5 Å². The number of rotatable bonds is 1. The second kappa shape index (κ2) is 3.41. The molecule has 0 spiro atoms. The summed E-state index contributed by atoms with van der Waals surface area (Å²) >= 11 is 0. The van der Waals surface area contributed by atoms with Crippen LogP contribution in [-0.4, -0.2) is 36.5 Å². The van der Waals surface area contributed by atoms with Crippen molar-refractivity contribution >= 4 is 5.97 Å². The van der Waals surface area contributed by atoms with Gasteiger partial charge in [0.05, 0.1) is 19.8 Å². The summed E-state index contributed by atoms with van der Waals surface area (Å²) in [6.07, 6.45) is 0.562. The van der Waals surface area contributed by atoms with Gasteiger partial charge in [-0.15, -0.1) is 0 Å². The van der Waals surface area contributed by atoms with Crippen LogP contribution in [0.1, 0.15) is 19.8 Å². The van der Waals surface area contributed by atoms with E-state index in [1.165, 1.54) is 7.11 Å². The largest absolute Gasteiger partial charge is 0.467 e. The molecule has 1 aliphatic rings. The molecule has 12 heavy (non-hydrogen) atoms. The van der Waals surface area contributed by atoms with Crippen molar-refractivity contribution in [2.75, 3.05) is 13.7 Å². The molecular formula is C8H14O4. The Kier molecular flexibility index (Phi) is 2.69. The fraction of sp³-hybridized carbons (Fsp3) is 0.875. The molecule has 0 radical (unpaired) electrons. The second-order valence-electron chi connectivity index (χ2n) is 3.16. The Morgan fingerprint density at radius 2 is 2.42 bits per heavy atom. The van der Waals surface area contributed by atoms with E-state index in [1.54, 1.807) is 0 Å². The maximum atomic E-state index is 11.1. The molecule has 70 valence electrons. The fourth-order valence-corrected chi connectivity index (χ4v) is 1.44. The van der Waals surface area contributed by atoms with Crippen LogP contribution in [-0.2, 0) is 14.3 Å². The van der Waals surface area contributed by atoms with Gasteiger partial charge >= 0.3 is 5.97 Å². The molecule has 0 aromatic rings. The Hall–Kier alpha value is -0.610. The number of carbonyl (C=O) groups is 1. The summed E-state index contributed by atoms with van der Waals surface area (Å²) in [5.74, 6) is -0.558. The molecular weight excluding hydrogens is 160 g/mol. The third-order valence-electron chi connectivity index (χ3n) is 2.11. The molecule has 0 aromatic carbocycles. The number of carbonyl (C=O) groups excluding carboxylic acids is 1. The zero-order valence-corrected chi connectivity index (χ0v) is 7.37. The van der Waals surface area contributed by atoms with Gasteiger partial charge in [-0.25, -0.2) is 4.79 Å². The molecule has 0 aromatic heterocycles. The van der Waals surface area contributed by atoms with Crippen LogP contribution in [0, 0.1) is 0 Å². The molecule has 0 bridgehead atoms. The van der Waals surface area contributed by atoms with Crippen molar-refractivity contribution in [3.8, 4) is 0 Å². The minimum Gasteiger partial charge on any atom is -0.467 e. The SMILES string of the molecule is COC(=O)C1(O)CCOC(C)C1. The normalized spacial score (nSPS) is 36.1. The van der Waals surface area contributed by atoms with Crippen molar-refractivity contribution in [2.45, 2.75) is 31.5 Å². The molecule has 1 saturated heterocycles. The van der Waals surface area contributed by atoms with Gasteiger partial charge in [-0.1, -0.05) is 0 Å². The maximum Gasteiger partial charge on any atom is 0.338 e. The zero-order chi connectivity index (χ0) is 9.19. The first-order valence-corrected chi connectivity index (χ1v) is 4.01. The first-order valence-electron chi connectivity index (χ1n) is 4.01. The van der Waals surface area contributed by atoms with Crippen molar-refractivity contribution in [1.29, 1.82) is 0 Å². The molecule has 0 saturated carbocycles. The topological polar surface area (TPSA) is 55.8 Å². The third kappa shape index (κ3) is 1.76. The van der Waals surface area contributed by atoms with Crippen molar-refractivity contribution in [1.82, 2.24) is 0 Å². The zero-order valence-electron chi connectivity index (χ0n) is 7.37. The van der Waals surface area contributed by atoms with E-state index in [-0.39, 0.29) is 6.10 Å². The van der Waals surface area contributed by atoms with E-state index in [1.807, 2.05) is 6.92 Å². The van der Waals surface area contributed by atoms with E-state index < -0.39 is 11.6 Å². The van der Waals surface area contributed by atoms with Gasteiger partial charge in [0.1, 0.15) is 0 Å². The summed E-state index contributed by atoms with van der Waals surface area (Å²) in [5.41, 5.74) is -1.33. The van der Waals surface area contributed by atoms with Crippen LogP contribution in [0.2, 0.25) is 0 Å². The van der Waals surface area contributed by atoms with E-state index >= 15 is 0 Å². The lowest BCUT2D eigenvalue weighted by atomic mass is 9.91. The van der Waals surface area contributed by atoms with Crippen LogP contribution in [0.15, 0.2) is 0 Å². The van der Waals surface area contributed by atoms with Crippen molar-refractivity contribution < 1.29 is 19.4 Å². The van der Waals surface area contributed by atoms with Crippen LogP contribution in [0.3, 0.4) is 0 Å². The highest BCUT2D eigenvalue weighted by Gasteiger charge is 2.41. The van der Waals surface area contributed by atoms with Gasteiger partial charge in [-0.05, 0) is 6.92 Å². The Morgan fingerprint density at radius 1 is 1.75 bits per heavy atom. The van der Waals surface area contributed by atoms with Gasteiger partial charge in [0.25, 0.3) is 0 Å². The van der Waals surface area contributed by atoms with E-state index in [0.717, 1.165) is 0 Å². The summed E-state index contributed by atoms with van der Waals surface area (Å²) in [4.78, 5) is 11.1. The molecule has 1 fully saturated rings. The second-order valence-corrected chi connectivity index (χ2v) is 3.16. The predicted octanol–water partition coefficient (Wildman–Crippen LogP) is 0.0894. The van der Waals surface area contributed by atoms with Gasteiger partial charge in [0.15, 0.2) is 5.60 Å². The Morgan fingerprint density at radius 3 is 2.92 bits per heavy atom. The van der Waals surface area contributed by atoms with E-state index in [0.29, 0.717) is 19.4 Å². The number of aliphatic hydroxyl groups is 1. The molecule has 1 aliphatic heterocycles. The quantitative estimate of drug-likeness (QED) is 0.572. The van der Waals surface area contributed by atoms with E-state index in [9.17, 15) is 9.90 Å². The molecule has 4 nitrogen and oxygen atoms in total. The predicted molar refractivity (Wildman–Crippen MR) is 41.6 cm³/mol. The molecule has 0 amide bonds. The fourth-order valence-electron chi connectivity index (χ4n) is 1.44. The summed E-state index contributed by atoms with van der Waals surface area (Å²) in [6.45, 7) is 2.24. The monoisotopic (exact) mass is 174 g/mol. The average molecular weight is 174 g/mol. The van der Waals surface area contributed by atoms with Crippen molar-refractivity contribution in [3.05, 3.63) is 0 Å². The smallest absolute Gasteiger partial charge is 0.338 e. The van der Waals surface area contributed by atoms with Crippen LogP contribution in [0.25, 0.3) is 0 Å². The Bertz CT molecular complexity index is 180. The first kappa shape index (κ1) is 9.48. The molecule has 0 aliphatic carbocycles. The number of methoxy groups -OCH3 is 1. The minimum atomic E-state index is -1.33. The van der Waals surface area contributed by atoms with Gasteiger partial charge in [-0.3, -0.25) is 0 Å². The molecule has 2 atom stereocenters. The van der Waals surface area contributed by atoms with E-state index in [4.69, 9.17) is 4.74 Å². The summed E-state index contributed by atoms with van der Waals surface area (Å²) < 4.78 is 9.70. The van der Waals surface area contributed by atoms with Gasteiger partial charge in [-0.2, -0.15) is 0 Å². The van der Waals surface area contributed by atoms with Crippen LogP contribution in [0.4, 0.5) is 0 Å². The van der Waals surface area contributed by atoms with Gasteiger partial charge < -0.3 is 14.6 Å². The van der Waals surface area contributed by atoms with Gasteiger partial charge in [0, 0.05) is 12.8 Å². The van der Waals surface area contributed by atoms with Crippen molar-refractivity contribution in [2.24, 2.45) is 0 Å². The molecule has 1 heterocycles. The van der Waals surface area contributed by atoms with Crippen LogP contribution >= 0.6 is 0 Å². The average Bonchev–Trinajstić information content (AvgIpc) is 2.02. The summed E-state index contributed by atoms with van der Waals surface area (Å²) in [6, 6.07) is 0. The minimum absolute atomic E-state index is 0.0807. The lowest BCUT2D eigenvalue weighted by molar-refractivity contribution is -0.176. The van der Waals surface area contributed by atoms with Crippen LogP contribution in [0.5, 0.6) is 0 Å². The Balaban J connectivity index is 2.63. The first-order chi connectivity index (χ1) is 5.58. The van der Waals surface area contributed by atoms with Crippen molar-refractivity contribution in [3.63, 3.8) is 0 Å². The summed E-state index contributed by atoms with van der Waals surface area (Å²) in [5, 5.41) is 9.76. The highest BCUT2D eigenvalue weighted by Crippen LogP contribution is 2.25. The molecule has 1 N–H and O–H groups in total. The molecule has 2 unspecified atom stereocenters. The lowest BCUT2D eigenvalue weighted by Gasteiger charge is -2.32. The molecule has 1 rings (SSSR count). The van der Waals surface area contributed by atoms with Gasteiger partial charge in [0.2, 0.25) is 0 Å². The van der Waals surface area contributed by atoms with E-state index in [2.05, 4.69) is 4.74 Å². The highest BCUT2D eigenvalue weighted by atomic mass is 16.5. The lowest BCUT2D eigenvalue weighted by Crippen LogP contribution is -2.47. The standard InChI is InChI=1S/C8H14O4/c1-6-5-8(10,3-4-12-6)7(9)11-2/h6,10H,3-5H2,1-2H3. The number of hydrogen-bond donors (Lipinski definition) is 1. The molecule has 4 heteroatoms. The number of esters is 1. The maximum absolute atomic E-state index is 11.1. The number of ether oxygens (including phenoxy) is 2.